The fourth-order valence-corrected chi connectivity index (χ4v) is 1.82. The number of nitrogens with one attached hydrogen (secondary N) is 1. The molecular weight excluding hydrogens is 267 g/mol. The van der Waals surface area contributed by atoms with Crippen molar-refractivity contribution in [3.8, 4) is 0 Å². The Balaban J connectivity index is 1.85. The molecule has 2 rings (SSSR count). The van der Waals surface area contributed by atoms with E-state index in [1.165, 1.54) is 12.1 Å². The Labute approximate surface area is 116 Å². The van der Waals surface area contributed by atoms with E-state index >= 15 is 0 Å². The van der Waals surface area contributed by atoms with Crippen LogP contribution >= 0.6 is 11.6 Å². The molecule has 0 spiro atoms. The molecule has 0 aliphatic rings. The van der Waals surface area contributed by atoms with Gasteiger partial charge in [-0.15, -0.1) is 0 Å². The van der Waals surface area contributed by atoms with Gasteiger partial charge in [0, 0.05) is 25.5 Å². The summed E-state index contributed by atoms with van der Waals surface area (Å²) in [6.45, 7) is 0.852. The first-order valence-corrected chi connectivity index (χ1v) is 6.27. The number of halogens is 2. The quantitative estimate of drug-likeness (QED) is 0.885. The van der Waals surface area contributed by atoms with Gasteiger partial charge in [0.2, 0.25) is 0 Å². The summed E-state index contributed by atoms with van der Waals surface area (Å²) in [5.41, 5.74) is 1.58. The van der Waals surface area contributed by atoms with Gasteiger partial charge in [-0.1, -0.05) is 17.7 Å². The van der Waals surface area contributed by atoms with Gasteiger partial charge in [-0.05, 0) is 35.4 Å². The summed E-state index contributed by atoms with van der Waals surface area (Å²) >= 11 is 5.60. The third-order valence-electron chi connectivity index (χ3n) is 2.74. The molecule has 1 heterocycles. The highest BCUT2D eigenvalue weighted by atomic mass is 35.5. The van der Waals surface area contributed by atoms with Crippen LogP contribution in [0.5, 0.6) is 0 Å². The zero-order chi connectivity index (χ0) is 13.7. The molecule has 0 aliphatic carbocycles. The van der Waals surface area contributed by atoms with Crippen molar-refractivity contribution in [2.45, 2.75) is 12.6 Å². The third-order valence-corrected chi connectivity index (χ3v) is 3.05. The molecule has 2 aromatic rings. The normalized spacial score (nSPS) is 12.4. The lowest BCUT2D eigenvalue weighted by Crippen LogP contribution is -2.21. The average molecular weight is 281 g/mol. The molecule has 1 aromatic carbocycles. The molecular formula is C14H14ClFN2O. The smallest absolute Gasteiger partial charge is 0.142 e. The molecule has 0 amide bonds. The minimum atomic E-state index is -0.611. The Hall–Kier alpha value is -1.49. The van der Waals surface area contributed by atoms with Crippen LogP contribution in [0.15, 0.2) is 42.7 Å². The Kier molecular flexibility index (Phi) is 4.85. The summed E-state index contributed by atoms with van der Waals surface area (Å²) in [6, 6.07) is 8.17. The van der Waals surface area contributed by atoms with Gasteiger partial charge >= 0.3 is 0 Å². The van der Waals surface area contributed by atoms with Crippen molar-refractivity contribution in [3.63, 3.8) is 0 Å². The predicted molar refractivity (Wildman–Crippen MR) is 72.3 cm³/mol. The topological polar surface area (TPSA) is 45.1 Å². The number of benzene rings is 1. The summed E-state index contributed by atoms with van der Waals surface area (Å²) in [7, 11) is 0. The maximum atomic E-state index is 13.2. The first-order valence-electron chi connectivity index (χ1n) is 5.89. The minimum Gasteiger partial charge on any atom is -0.387 e. The van der Waals surface area contributed by atoms with Crippen LogP contribution < -0.4 is 5.32 Å². The van der Waals surface area contributed by atoms with Crippen LogP contribution in [0.2, 0.25) is 5.02 Å². The van der Waals surface area contributed by atoms with Crippen LogP contribution in [0.3, 0.4) is 0 Å². The highest BCUT2D eigenvalue weighted by Gasteiger charge is 2.06. The van der Waals surface area contributed by atoms with Crippen molar-refractivity contribution in [2.75, 3.05) is 6.54 Å². The van der Waals surface area contributed by atoms with Crippen molar-refractivity contribution >= 4 is 11.6 Å². The van der Waals surface area contributed by atoms with Crippen LogP contribution in [-0.4, -0.2) is 16.6 Å². The number of aliphatic hydroxyl groups is 1. The van der Waals surface area contributed by atoms with Crippen LogP contribution in [0, 0.1) is 5.82 Å². The van der Waals surface area contributed by atoms with E-state index in [9.17, 15) is 9.50 Å². The molecule has 0 aliphatic heterocycles. The van der Waals surface area contributed by atoms with Crippen molar-refractivity contribution in [1.29, 1.82) is 0 Å². The van der Waals surface area contributed by atoms with Crippen molar-refractivity contribution in [2.24, 2.45) is 0 Å². The molecule has 0 fully saturated rings. The molecule has 19 heavy (non-hydrogen) atoms. The largest absolute Gasteiger partial charge is 0.387 e. The standard InChI is InChI=1S/C14H14ClFN2O/c15-12-2-1-10(7-13(12)16)8-18-9-14(19)11-3-5-17-6-4-11/h1-7,14,18-19H,8-9H2. The molecule has 0 bridgehead atoms. The van der Waals surface area contributed by atoms with E-state index in [1.54, 1.807) is 30.6 Å². The molecule has 1 unspecified atom stereocenters. The average Bonchev–Trinajstić information content (AvgIpc) is 2.43. The van der Waals surface area contributed by atoms with E-state index in [2.05, 4.69) is 10.3 Å². The summed E-state index contributed by atoms with van der Waals surface area (Å²) in [5, 5.41) is 13.1. The number of nitrogens with zero attached hydrogens (tertiary/aromatic N) is 1. The zero-order valence-electron chi connectivity index (χ0n) is 10.2. The summed E-state index contributed by atoms with van der Waals surface area (Å²) in [5.74, 6) is -0.435. The summed E-state index contributed by atoms with van der Waals surface area (Å²) in [6.07, 6.45) is 2.65. The van der Waals surface area contributed by atoms with Crippen molar-refractivity contribution < 1.29 is 9.50 Å². The molecule has 5 heteroatoms. The van der Waals surface area contributed by atoms with E-state index in [-0.39, 0.29) is 5.02 Å². The van der Waals surface area contributed by atoms with Gasteiger partial charge < -0.3 is 10.4 Å². The Morgan fingerprint density at radius 3 is 2.68 bits per heavy atom. The summed E-state index contributed by atoms with van der Waals surface area (Å²) < 4.78 is 13.2. The number of hydrogen-bond donors (Lipinski definition) is 2. The predicted octanol–water partition coefficient (Wildman–Crippen LogP) is 2.70. The van der Waals surface area contributed by atoms with Gasteiger partial charge in [-0.2, -0.15) is 0 Å². The second-order valence-electron chi connectivity index (χ2n) is 4.18. The Morgan fingerprint density at radius 2 is 2.00 bits per heavy atom. The van der Waals surface area contributed by atoms with Gasteiger partial charge in [0.1, 0.15) is 5.82 Å². The molecule has 100 valence electrons. The molecule has 1 aromatic heterocycles. The minimum absolute atomic E-state index is 0.112. The Bertz CT molecular complexity index is 536. The third kappa shape index (κ3) is 3.99. The number of aromatic nitrogens is 1. The second-order valence-corrected chi connectivity index (χ2v) is 4.58. The maximum Gasteiger partial charge on any atom is 0.142 e. The number of hydrogen-bond acceptors (Lipinski definition) is 3. The highest BCUT2D eigenvalue weighted by molar-refractivity contribution is 6.30. The van der Waals surface area contributed by atoms with Crippen molar-refractivity contribution in [3.05, 3.63) is 64.7 Å². The fourth-order valence-electron chi connectivity index (χ4n) is 1.71. The van der Waals surface area contributed by atoms with Gasteiger partial charge in [-0.25, -0.2) is 4.39 Å². The van der Waals surface area contributed by atoms with Gasteiger partial charge in [0.05, 0.1) is 11.1 Å². The zero-order valence-corrected chi connectivity index (χ0v) is 10.9. The highest BCUT2D eigenvalue weighted by Crippen LogP contribution is 2.15. The first-order chi connectivity index (χ1) is 9.16. The molecule has 1 atom stereocenters. The van der Waals surface area contributed by atoms with Crippen LogP contribution in [0.4, 0.5) is 4.39 Å². The number of rotatable bonds is 5. The summed E-state index contributed by atoms with van der Waals surface area (Å²) in [4.78, 5) is 3.89. The molecule has 0 radical (unpaired) electrons. The van der Waals surface area contributed by atoms with E-state index in [0.717, 1.165) is 11.1 Å². The lowest BCUT2D eigenvalue weighted by atomic mass is 10.1. The lowest BCUT2D eigenvalue weighted by Gasteiger charge is -2.12. The van der Waals surface area contributed by atoms with E-state index < -0.39 is 11.9 Å². The Morgan fingerprint density at radius 1 is 1.26 bits per heavy atom. The van der Waals surface area contributed by atoms with E-state index in [0.29, 0.717) is 13.1 Å². The van der Waals surface area contributed by atoms with Gasteiger partial charge in [0.15, 0.2) is 0 Å². The van der Waals surface area contributed by atoms with Gasteiger partial charge in [0.25, 0.3) is 0 Å². The molecule has 2 N–H and O–H groups in total. The van der Waals surface area contributed by atoms with E-state index in [4.69, 9.17) is 11.6 Å². The maximum absolute atomic E-state index is 13.2. The SMILES string of the molecule is OC(CNCc1ccc(Cl)c(F)c1)c1ccncc1. The fraction of sp³-hybridized carbons (Fsp3) is 0.214. The lowest BCUT2D eigenvalue weighted by molar-refractivity contribution is 0.174. The first kappa shape index (κ1) is 13.9. The van der Waals surface area contributed by atoms with E-state index in [1.807, 2.05) is 0 Å². The second kappa shape index (κ2) is 6.61. The number of aliphatic hydroxyl groups excluding tert-OH is 1. The molecule has 0 saturated carbocycles. The van der Waals surface area contributed by atoms with Gasteiger partial charge in [-0.3, -0.25) is 4.98 Å². The monoisotopic (exact) mass is 280 g/mol. The molecule has 3 nitrogen and oxygen atoms in total. The van der Waals surface area contributed by atoms with Crippen LogP contribution in [0.25, 0.3) is 0 Å². The van der Waals surface area contributed by atoms with Crippen molar-refractivity contribution in [1.82, 2.24) is 10.3 Å². The van der Waals surface area contributed by atoms with Crippen LogP contribution in [-0.2, 0) is 6.54 Å². The molecule has 0 saturated heterocycles. The van der Waals surface area contributed by atoms with Crippen LogP contribution in [0.1, 0.15) is 17.2 Å². The number of pyridine rings is 1.